The van der Waals surface area contributed by atoms with Crippen LogP contribution in [0.1, 0.15) is 32.1 Å². The standard InChI is InChI=1S/C11H13IO3/c1-4-8(15-11(13)7(2)3)9-5-6-10(12)14-9/h5-6,8H,2,4H2,1,3H3. The first-order valence-electron chi connectivity index (χ1n) is 4.66. The van der Waals surface area contributed by atoms with E-state index in [-0.39, 0.29) is 12.1 Å². The van der Waals surface area contributed by atoms with Crippen molar-refractivity contribution in [2.24, 2.45) is 0 Å². The van der Waals surface area contributed by atoms with Crippen LogP contribution in [-0.2, 0) is 9.53 Å². The molecule has 1 rings (SSSR count). The summed E-state index contributed by atoms with van der Waals surface area (Å²) in [4.78, 5) is 11.3. The SMILES string of the molecule is C=C(C)C(=O)OC(CC)c1ccc(I)o1. The number of furan rings is 1. The molecule has 1 aromatic heterocycles. The summed E-state index contributed by atoms with van der Waals surface area (Å²) in [7, 11) is 0. The van der Waals surface area contributed by atoms with Crippen LogP contribution in [0.15, 0.2) is 28.7 Å². The Labute approximate surface area is 103 Å². The smallest absolute Gasteiger partial charge is 0.333 e. The van der Waals surface area contributed by atoms with Gasteiger partial charge in [0.2, 0.25) is 0 Å². The van der Waals surface area contributed by atoms with E-state index in [1.807, 2.05) is 19.1 Å². The van der Waals surface area contributed by atoms with Crippen LogP contribution in [0.2, 0.25) is 0 Å². The van der Waals surface area contributed by atoms with Crippen molar-refractivity contribution in [3.8, 4) is 0 Å². The maximum Gasteiger partial charge on any atom is 0.333 e. The van der Waals surface area contributed by atoms with Gasteiger partial charge in [-0.1, -0.05) is 13.5 Å². The first-order chi connectivity index (χ1) is 7.04. The van der Waals surface area contributed by atoms with E-state index in [1.54, 1.807) is 6.92 Å². The number of rotatable bonds is 4. The van der Waals surface area contributed by atoms with Gasteiger partial charge in [0.25, 0.3) is 0 Å². The average molecular weight is 320 g/mol. The zero-order chi connectivity index (χ0) is 11.4. The lowest BCUT2D eigenvalue weighted by molar-refractivity contribution is -0.145. The minimum Gasteiger partial charge on any atom is -0.451 e. The maximum atomic E-state index is 11.3. The highest BCUT2D eigenvalue weighted by molar-refractivity contribution is 14.1. The highest BCUT2D eigenvalue weighted by Gasteiger charge is 2.18. The molecule has 0 amide bonds. The van der Waals surface area contributed by atoms with E-state index in [0.717, 1.165) is 3.77 Å². The number of carbonyl (C=O) groups is 1. The largest absolute Gasteiger partial charge is 0.451 e. The second kappa shape index (κ2) is 5.34. The molecule has 0 N–H and O–H groups in total. The van der Waals surface area contributed by atoms with Gasteiger partial charge in [0, 0.05) is 5.57 Å². The van der Waals surface area contributed by atoms with E-state index < -0.39 is 0 Å². The molecule has 0 aliphatic carbocycles. The molecule has 0 saturated carbocycles. The van der Waals surface area contributed by atoms with Crippen LogP contribution < -0.4 is 0 Å². The lowest BCUT2D eigenvalue weighted by Crippen LogP contribution is -2.10. The fourth-order valence-corrected chi connectivity index (χ4v) is 1.51. The van der Waals surface area contributed by atoms with Crippen LogP contribution in [0, 0.1) is 3.77 Å². The predicted octanol–water partition coefficient (Wildman–Crippen LogP) is 3.45. The van der Waals surface area contributed by atoms with E-state index >= 15 is 0 Å². The maximum absolute atomic E-state index is 11.3. The monoisotopic (exact) mass is 320 g/mol. The van der Waals surface area contributed by atoms with Crippen molar-refractivity contribution in [3.05, 3.63) is 33.8 Å². The van der Waals surface area contributed by atoms with Gasteiger partial charge in [-0.05, 0) is 48.1 Å². The molecule has 0 aliphatic rings. The Morgan fingerprint density at radius 3 is 2.73 bits per heavy atom. The van der Waals surface area contributed by atoms with Crippen molar-refractivity contribution in [2.45, 2.75) is 26.4 Å². The average Bonchev–Trinajstić information content (AvgIpc) is 2.60. The molecular formula is C11H13IO3. The number of ether oxygens (including phenoxy) is 1. The molecule has 0 saturated heterocycles. The van der Waals surface area contributed by atoms with Gasteiger partial charge < -0.3 is 9.15 Å². The molecule has 1 unspecified atom stereocenters. The van der Waals surface area contributed by atoms with Crippen molar-refractivity contribution in [1.82, 2.24) is 0 Å². The number of esters is 1. The summed E-state index contributed by atoms with van der Waals surface area (Å²) < 4.78 is 11.4. The Bertz CT molecular complexity index is 368. The van der Waals surface area contributed by atoms with Gasteiger partial charge in [-0.2, -0.15) is 0 Å². The minimum absolute atomic E-state index is 0.322. The molecule has 1 heterocycles. The van der Waals surface area contributed by atoms with Crippen LogP contribution in [0.4, 0.5) is 0 Å². The highest BCUT2D eigenvalue weighted by Crippen LogP contribution is 2.24. The molecule has 82 valence electrons. The predicted molar refractivity (Wildman–Crippen MR) is 65.4 cm³/mol. The number of hydrogen-bond donors (Lipinski definition) is 0. The first kappa shape index (κ1) is 12.3. The number of carbonyl (C=O) groups excluding carboxylic acids is 1. The summed E-state index contributed by atoms with van der Waals surface area (Å²) >= 11 is 2.07. The molecule has 1 atom stereocenters. The summed E-state index contributed by atoms with van der Waals surface area (Å²) in [6, 6.07) is 3.66. The van der Waals surface area contributed by atoms with Crippen molar-refractivity contribution in [1.29, 1.82) is 0 Å². The summed E-state index contributed by atoms with van der Waals surface area (Å²) in [6.07, 6.45) is 0.362. The summed E-state index contributed by atoms with van der Waals surface area (Å²) in [5.74, 6) is 0.296. The van der Waals surface area contributed by atoms with Gasteiger partial charge in [0.05, 0.1) is 0 Å². The highest BCUT2D eigenvalue weighted by atomic mass is 127. The van der Waals surface area contributed by atoms with Crippen LogP contribution >= 0.6 is 22.6 Å². The van der Waals surface area contributed by atoms with Gasteiger partial charge >= 0.3 is 5.97 Å². The van der Waals surface area contributed by atoms with Crippen molar-refractivity contribution >= 4 is 28.6 Å². The molecule has 3 nitrogen and oxygen atoms in total. The quantitative estimate of drug-likeness (QED) is 0.484. The molecule has 0 aromatic carbocycles. The van der Waals surface area contributed by atoms with Gasteiger partial charge in [-0.15, -0.1) is 0 Å². The molecule has 0 radical (unpaired) electrons. The third-order valence-corrected chi connectivity index (χ3v) is 2.46. The van der Waals surface area contributed by atoms with Gasteiger partial charge in [0.15, 0.2) is 9.87 Å². The first-order valence-corrected chi connectivity index (χ1v) is 5.74. The summed E-state index contributed by atoms with van der Waals surface area (Å²) in [5, 5.41) is 0. The zero-order valence-corrected chi connectivity index (χ0v) is 10.9. The Balaban J connectivity index is 2.72. The molecule has 0 aliphatic heterocycles. The van der Waals surface area contributed by atoms with Crippen molar-refractivity contribution in [2.75, 3.05) is 0 Å². The summed E-state index contributed by atoms with van der Waals surface area (Å²) in [6.45, 7) is 7.10. The van der Waals surface area contributed by atoms with Crippen LogP contribution in [0.3, 0.4) is 0 Å². The van der Waals surface area contributed by atoms with Crippen molar-refractivity contribution < 1.29 is 13.9 Å². The van der Waals surface area contributed by atoms with Gasteiger partial charge in [-0.25, -0.2) is 4.79 Å². The van der Waals surface area contributed by atoms with E-state index in [2.05, 4.69) is 29.2 Å². The van der Waals surface area contributed by atoms with Crippen LogP contribution in [-0.4, -0.2) is 5.97 Å². The Hall–Kier alpha value is -0.780. The Kier molecular flexibility index (Phi) is 4.38. The van der Waals surface area contributed by atoms with E-state index in [4.69, 9.17) is 9.15 Å². The topological polar surface area (TPSA) is 39.4 Å². The number of hydrogen-bond acceptors (Lipinski definition) is 3. The molecule has 0 bridgehead atoms. The van der Waals surface area contributed by atoms with Crippen LogP contribution in [0.5, 0.6) is 0 Å². The lowest BCUT2D eigenvalue weighted by Gasteiger charge is -2.13. The molecule has 0 fully saturated rings. The Morgan fingerprint density at radius 2 is 2.33 bits per heavy atom. The molecular weight excluding hydrogens is 307 g/mol. The number of halogens is 1. The van der Waals surface area contributed by atoms with Crippen molar-refractivity contribution in [3.63, 3.8) is 0 Å². The fourth-order valence-electron chi connectivity index (χ4n) is 1.07. The molecule has 15 heavy (non-hydrogen) atoms. The van der Waals surface area contributed by atoms with Gasteiger partial charge in [-0.3, -0.25) is 0 Å². The summed E-state index contributed by atoms with van der Waals surface area (Å²) in [5.41, 5.74) is 0.398. The molecule has 1 aromatic rings. The van der Waals surface area contributed by atoms with Crippen LogP contribution in [0.25, 0.3) is 0 Å². The second-order valence-electron chi connectivity index (χ2n) is 3.22. The normalized spacial score (nSPS) is 12.2. The van der Waals surface area contributed by atoms with Gasteiger partial charge in [0.1, 0.15) is 5.76 Å². The second-order valence-corrected chi connectivity index (χ2v) is 4.29. The molecule has 4 heteroatoms. The fraction of sp³-hybridized carbons (Fsp3) is 0.364. The minimum atomic E-state index is -0.381. The molecule has 0 spiro atoms. The lowest BCUT2D eigenvalue weighted by atomic mass is 10.2. The zero-order valence-electron chi connectivity index (χ0n) is 8.75. The third-order valence-electron chi connectivity index (χ3n) is 1.88. The Morgan fingerprint density at radius 1 is 1.67 bits per heavy atom. The van der Waals surface area contributed by atoms with E-state index in [9.17, 15) is 4.79 Å². The van der Waals surface area contributed by atoms with E-state index in [0.29, 0.717) is 17.8 Å². The third kappa shape index (κ3) is 3.37. The van der Waals surface area contributed by atoms with E-state index in [1.165, 1.54) is 0 Å².